The third-order valence-electron chi connectivity index (χ3n) is 3.51. The summed E-state index contributed by atoms with van der Waals surface area (Å²) < 4.78 is 29.0. The van der Waals surface area contributed by atoms with Gasteiger partial charge in [-0.1, -0.05) is 12.1 Å². The number of fused-ring (bicyclic) bond motifs is 1. The zero-order valence-corrected chi connectivity index (χ0v) is 12.6. The molecule has 2 aromatic rings. The molecule has 0 fully saturated rings. The van der Waals surface area contributed by atoms with Crippen molar-refractivity contribution in [2.45, 2.75) is 13.0 Å². The summed E-state index contributed by atoms with van der Waals surface area (Å²) in [7, 11) is 1.40. The lowest BCUT2D eigenvalue weighted by Gasteiger charge is -2.07. The van der Waals surface area contributed by atoms with Crippen LogP contribution in [0.1, 0.15) is 11.1 Å². The Hall–Kier alpha value is -2.76. The Labute approximate surface area is 133 Å². The van der Waals surface area contributed by atoms with Crippen LogP contribution >= 0.6 is 0 Å². The van der Waals surface area contributed by atoms with E-state index < -0.39 is 5.82 Å². The molecule has 1 N–H and O–H groups in total. The van der Waals surface area contributed by atoms with Crippen molar-refractivity contribution in [3.8, 4) is 17.2 Å². The summed E-state index contributed by atoms with van der Waals surface area (Å²) in [5.74, 6) is 0.873. The van der Waals surface area contributed by atoms with E-state index in [4.69, 9.17) is 14.2 Å². The van der Waals surface area contributed by atoms with E-state index in [1.54, 1.807) is 6.07 Å². The molecule has 0 spiro atoms. The number of carbonyl (C=O) groups is 1. The molecule has 0 aromatic heterocycles. The van der Waals surface area contributed by atoms with Crippen LogP contribution in [0.2, 0.25) is 0 Å². The Morgan fingerprint density at radius 2 is 1.96 bits per heavy atom. The summed E-state index contributed by atoms with van der Waals surface area (Å²) in [6.45, 7) is 0.586. The average Bonchev–Trinajstić information content (AvgIpc) is 3.01. The quantitative estimate of drug-likeness (QED) is 0.920. The maximum atomic E-state index is 13.6. The number of halogens is 1. The van der Waals surface area contributed by atoms with Crippen molar-refractivity contribution in [2.75, 3.05) is 13.9 Å². The number of nitrogens with one attached hydrogen (secondary N) is 1. The lowest BCUT2D eigenvalue weighted by Crippen LogP contribution is -2.24. The molecule has 1 aliphatic heterocycles. The topological polar surface area (TPSA) is 56.8 Å². The monoisotopic (exact) mass is 317 g/mol. The average molecular weight is 317 g/mol. The molecule has 0 aliphatic carbocycles. The minimum absolute atomic E-state index is 0.103. The number of methoxy groups -OCH3 is 1. The van der Waals surface area contributed by atoms with Crippen LogP contribution in [-0.2, 0) is 17.8 Å². The van der Waals surface area contributed by atoms with Gasteiger partial charge >= 0.3 is 0 Å². The minimum atomic E-state index is -0.478. The Bertz CT molecular complexity index is 733. The van der Waals surface area contributed by atoms with Crippen LogP contribution in [0.25, 0.3) is 0 Å². The summed E-state index contributed by atoms with van der Waals surface area (Å²) in [5, 5.41) is 2.80. The van der Waals surface area contributed by atoms with E-state index in [0.717, 1.165) is 5.56 Å². The molecular weight excluding hydrogens is 301 g/mol. The normalized spacial score (nSPS) is 12.1. The van der Waals surface area contributed by atoms with E-state index in [1.165, 1.54) is 19.2 Å². The fourth-order valence-corrected chi connectivity index (χ4v) is 2.32. The Morgan fingerprint density at radius 3 is 2.74 bits per heavy atom. The van der Waals surface area contributed by atoms with Crippen LogP contribution in [0, 0.1) is 5.82 Å². The standard InChI is InChI=1S/C17H16FNO4/c1-21-14-4-2-11(6-13(14)18)8-17(20)19-9-12-3-5-15-16(7-12)23-10-22-15/h2-7H,8-10H2,1H3,(H,19,20). The van der Waals surface area contributed by atoms with Crippen molar-refractivity contribution in [1.29, 1.82) is 0 Å². The van der Waals surface area contributed by atoms with Crippen molar-refractivity contribution < 1.29 is 23.4 Å². The van der Waals surface area contributed by atoms with Gasteiger partial charge in [-0.15, -0.1) is 0 Å². The number of carbonyl (C=O) groups excluding carboxylic acids is 1. The zero-order chi connectivity index (χ0) is 16.2. The highest BCUT2D eigenvalue weighted by Crippen LogP contribution is 2.32. The lowest BCUT2D eigenvalue weighted by atomic mass is 10.1. The van der Waals surface area contributed by atoms with Crippen molar-refractivity contribution in [2.24, 2.45) is 0 Å². The van der Waals surface area contributed by atoms with E-state index in [9.17, 15) is 9.18 Å². The smallest absolute Gasteiger partial charge is 0.231 e. The highest BCUT2D eigenvalue weighted by molar-refractivity contribution is 5.78. The predicted octanol–water partition coefficient (Wildman–Crippen LogP) is 2.42. The maximum absolute atomic E-state index is 13.6. The van der Waals surface area contributed by atoms with Gasteiger partial charge in [0.05, 0.1) is 13.5 Å². The molecule has 23 heavy (non-hydrogen) atoms. The van der Waals surface area contributed by atoms with Crippen LogP contribution in [0.4, 0.5) is 4.39 Å². The van der Waals surface area contributed by atoms with Gasteiger partial charge in [0.15, 0.2) is 23.1 Å². The summed E-state index contributed by atoms with van der Waals surface area (Å²) >= 11 is 0. The molecule has 3 rings (SSSR count). The number of hydrogen-bond acceptors (Lipinski definition) is 4. The molecule has 0 saturated heterocycles. The molecular formula is C17H16FNO4. The number of ether oxygens (including phenoxy) is 3. The van der Waals surface area contributed by atoms with Gasteiger partial charge in [-0.25, -0.2) is 4.39 Å². The highest BCUT2D eigenvalue weighted by Gasteiger charge is 2.13. The summed E-state index contributed by atoms with van der Waals surface area (Å²) in [6, 6.07) is 9.98. The van der Waals surface area contributed by atoms with Gasteiger partial charge in [0.2, 0.25) is 12.7 Å². The molecule has 0 saturated carbocycles. The van der Waals surface area contributed by atoms with Crippen LogP contribution in [0.3, 0.4) is 0 Å². The molecule has 1 amide bonds. The van der Waals surface area contributed by atoms with Crippen molar-refractivity contribution >= 4 is 5.91 Å². The molecule has 1 aliphatic rings. The van der Waals surface area contributed by atoms with E-state index in [0.29, 0.717) is 23.6 Å². The van der Waals surface area contributed by atoms with Crippen LogP contribution < -0.4 is 19.5 Å². The molecule has 0 radical (unpaired) electrons. The van der Waals surface area contributed by atoms with Crippen LogP contribution in [0.15, 0.2) is 36.4 Å². The minimum Gasteiger partial charge on any atom is -0.494 e. The lowest BCUT2D eigenvalue weighted by molar-refractivity contribution is -0.120. The first-order valence-corrected chi connectivity index (χ1v) is 7.13. The number of hydrogen-bond donors (Lipinski definition) is 1. The largest absolute Gasteiger partial charge is 0.494 e. The first-order chi connectivity index (χ1) is 11.2. The molecule has 120 valence electrons. The summed E-state index contributed by atoms with van der Waals surface area (Å²) in [5.41, 5.74) is 1.50. The van der Waals surface area contributed by atoms with Gasteiger partial charge in [0.1, 0.15) is 0 Å². The second-order valence-corrected chi connectivity index (χ2v) is 5.11. The van der Waals surface area contributed by atoms with E-state index in [2.05, 4.69) is 5.32 Å². The Morgan fingerprint density at radius 1 is 1.17 bits per heavy atom. The number of amides is 1. The Balaban J connectivity index is 1.56. The molecule has 1 heterocycles. The van der Waals surface area contributed by atoms with Crippen molar-refractivity contribution in [3.05, 3.63) is 53.3 Å². The van der Waals surface area contributed by atoms with Crippen molar-refractivity contribution in [3.63, 3.8) is 0 Å². The van der Waals surface area contributed by atoms with E-state index in [-0.39, 0.29) is 24.9 Å². The number of rotatable bonds is 5. The van der Waals surface area contributed by atoms with Gasteiger partial charge in [-0.2, -0.15) is 0 Å². The summed E-state index contributed by atoms with van der Waals surface area (Å²) in [4.78, 5) is 12.0. The van der Waals surface area contributed by atoms with Gasteiger partial charge in [0, 0.05) is 6.54 Å². The van der Waals surface area contributed by atoms with Crippen molar-refractivity contribution in [1.82, 2.24) is 5.32 Å². The summed E-state index contributed by atoms with van der Waals surface area (Å²) in [6.07, 6.45) is 0.103. The SMILES string of the molecule is COc1ccc(CC(=O)NCc2ccc3c(c2)OCO3)cc1F. The number of benzene rings is 2. The third kappa shape index (κ3) is 3.53. The predicted molar refractivity (Wildman–Crippen MR) is 81.1 cm³/mol. The molecule has 2 aromatic carbocycles. The van der Waals surface area contributed by atoms with Gasteiger partial charge in [-0.3, -0.25) is 4.79 Å². The van der Waals surface area contributed by atoms with Gasteiger partial charge in [0.25, 0.3) is 0 Å². The second-order valence-electron chi connectivity index (χ2n) is 5.11. The molecule has 0 bridgehead atoms. The van der Waals surface area contributed by atoms with Gasteiger partial charge in [-0.05, 0) is 35.4 Å². The third-order valence-corrected chi connectivity index (χ3v) is 3.51. The van der Waals surface area contributed by atoms with E-state index in [1.807, 2.05) is 18.2 Å². The highest BCUT2D eigenvalue weighted by atomic mass is 19.1. The fraction of sp³-hybridized carbons (Fsp3) is 0.235. The van der Waals surface area contributed by atoms with Crippen LogP contribution in [-0.4, -0.2) is 19.8 Å². The first kappa shape index (κ1) is 15.1. The zero-order valence-electron chi connectivity index (χ0n) is 12.6. The van der Waals surface area contributed by atoms with Gasteiger partial charge < -0.3 is 19.5 Å². The van der Waals surface area contributed by atoms with E-state index >= 15 is 0 Å². The first-order valence-electron chi connectivity index (χ1n) is 7.13. The maximum Gasteiger partial charge on any atom is 0.231 e. The molecule has 5 nitrogen and oxygen atoms in total. The fourth-order valence-electron chi connectivity index (χ4n) is 2.32. The Kier molecular flexibility index (Phi) is 4.32. The molecule has 6 heteroatoms. The molecule has 0 unspecified atom stereocenters. The van der Waals surface area contributed by atoms with Crippen LogP contribution in [0.5, 0.6) is 17.2 Å². The second kappa shape index (κ2) is 6.56. The molecule has 0 atom stereocenters.